The van der Waals surface area contributed by atoms with Gasteiger partial charge in [-0.3, -0.25) is 4.90 Å². The van der Waals surface area contributed by atoms with Crippen LogP contribution in [0.15, 0.2) is 0 Å². The van der Waals surface area contributed by atoms with Crippen LogP contribution in [0.5, 0.6) is 0 Å². The standard InChI is InChI=1S/C11H23NO2/c1-11(2)8-10(4-6-13)9-12(11)5-7-14-3/h10,13H,4-9H2,1-3H3. The molecule has 0 spiro atoms. The Labute approximate surface area is 87.1 Å². The number of aliphatic hydroxyl groups is 1. The number of aliphatic hydroxyl groups excluding tert-OH is 1. The first-order chi connectivity index (χ1) is 6.60. The highest BCUT2D eigenvalue weighted by atomic mass is 16.5. The third kappa shape index (κ3) is 2.94. The molecule has 1 fully saturated rings. The van der Waals surface area contributed by atoms with Crippen LogP contribution >= 0.6 is 0 Å². The van der Waals surface area contributed by atoms with Crippen LogP contribution in [0, 0.1) is 5.92 Å². The van der Waals surface area contributed by atoms with E-state index < -0.39 is 0 Å². The van der Waals surface area contributed by atoms with Crippen LogP contribution in [0.2, 0.25) is 0 Å². The van der Waals surface area contributed by atoms with Crippen molar-refractivity contribution in [2.45, 2.75) is 32.2 Å². The zero-order valence-electron chi connectivity index (χ0n) is 9.62. The van der Waals surface area contributed by atoms with Gasteiger partial charge in [0.05, 0.1) is 6.61 Å². The second-order valence-electron chi connectivity index (χ2n) is 4.83. The Balaban J connectivity index is 2.42. The Kier molecular flexibility index (Phi) is 4.35. The molecule has 0 aromatic rings. The van der Waals surface area contributed by atoms with Gasteiger partial charge in [-0.25, -0.2) is 0 Å². The lowest BCUT2D eigenvalue weighted by Crippen LogP contribution is -2.40. The van der Waals surface area contributed by atoms with E-state index >= 15 is 0 Å². The fourth-order valence-electron chi connectivity index (χ4n) is 2.43. The Bertz CT molecular complexity index is 171. The molecule has 1 rings (SSSR count). The van der Waals surface area contributed by atoms with Crippen LogP contribution in [-0.4, -0.2) is 49.0 Å². The normalized spacial score (nSPS) is 27.0. The Morgan fingerprint density at radius 3 is 2.79 bits per heavy atom. The summed E-state index contributed by atoms with van der Waals surface area (Å²) in [6, 6.07) is 0. The third-order valence-electron chi connectivity index (χ3n) is 3.23. The van der Waals surface area contributed by atoms with E-state index in [1.807, 2.05) is 0 Å². The quantitative estimate of drug-likeness (QED) is 0.723. The summed E-state index contributed by atoms with van der Waals surface area (Å²) in [5.41, 5.74) is 0.276. The molecule has 1 heterocycles. The lowest BCUT2D eigenvalue weighted by molar-refractivity contribution is 0.109. The van der Waals surface area contributed by atoms with E-state index in [2.05, 4.69) is 18.7 Å². The number of ether oxygens (including phenoxy) is 1. The molecule has 0 saturated carbocycles. The summed E-state index contributed by atoms with van der Waals surface area (Å²) in [5, 5.41) is 8.92. The Morgan fingerprint density at radius 1 is 1.50 bits per heavy atom. The average molecular weight is 201 g/mol. The van der Waals surface area contributed by atoms with Crippen LogP contribution in [0.4, 0.5) is 0 Å². The van der Waals surface area contributed by atoms with Gasteiger partial charge >= 0.3 is 0 Å². The number of methoxy groups -OCH3 is 1. The van der Waals surface area contributed by atoms with E-state index in [-0.39, 0.29) is 5.54 Å². The Morgan fingerprint density at radius 2 is 2.21 bits per heavy atom. The first-order valence-corrected chi connectivity index (χ1v) is 5.45. The highest BCUT2D eigenvalue weighted by Crippen LogP contribution is 2.33. The molecule has 0 amide bonds. The van der Waals surface area contributed by atoms with Crippen molar-refractivity contribution in [3.05, 3.63) is 0 Å². The van der Waals surface area contributed by atoms with E-state index in [4.69, 9.17) is 9.84 Å². The van der Waals surface area contributed by atoms with E-state index in [0.29, 0.717) is 12.5 Å². The lowest BCUT2D eigenvalue weighted by atomic mass is 9.95. The van der Waals surface area contributed by atoms with Crippen molar-refractivity contribution in [3.63, 3.8) is 0 Å². The monoisotopic (exact) mass is 201 g/mol. The van der Waals surface area contributed by atoms with Crippen molar-refractivity contribution in [2.75, 3.05) is 33.4 Å². The van der Waals surface area contributed by atoms with Crippen LogP contribution in [0.25, 0.3) is 0 Å². The second kappa shape index (κ2) is 5.10. The molecule has 0 aromatic carbocycles. The molecule has 0 radical (unpaired) electrons. The number of hydrogen-bond donors (Lipinski definition) is 1. The largest absolute Gasteiger partial charge is 0.396 e. The van der Waals surface area contributed by atoms with Crippen LogP contribution < -0.4 is 0 Å². The molecule has 1 aliphatic heterocycles. The summed E-state index contributed by atoms with van der Waals surface area (Å²) in [6.07, 6.45) is 2.13. The lowest BCUT2D eigenvalue weighted by Gasteiger charge is -2.31. The minimum absolute atomic E-state index is 0.276. The molecule has 1 atom stereocenters. The average Bonchev–Trinajstić information content (AvgIpc) is 2.38. The third-order valence-corrected chi connectivity index (χ3v) is 3.23. The predicted octanol–water partition coefficient (Wildman–Crippen LogP) is 1.12. The molecular formula is C11H23NO2. The fraction of sp³-hybridized carbons (Fsp3) is 1.00. The van der Waals surface area contributed by atoms with Crippen molar-refractivity contribution < 1.29 is 9.84 Å². The Hall–Kier alpha value is -0.120. The van der Waals surface area contributed by atoms with E-state index in [9.17, 15) is 0 Å². The topological polar surface area (TPSA) is 32.7 Å². The van der Waals surface area contributed by atoms with Crippen molar-refractivity contribution in [2.24, 2.45) is 5.92 Å². The maximum atomic E-state index is 8.92. The SMILES string of the molecule is COCCN1CC(CCO)CC1(C)C. The summed E-state index contributed by atoms with van der Waals surface area (Å²) in [6.45, 7) is 7.79. The van der Waals surface area contributed by atoms with E-state index in [0.717, 1.165) is 26.1 Å². The van der Waals surface area contributed by atoms with Gasteiger partial charge in [-0.2, -0.15) is 0 Å². The van der Waals surface area contributed by atoms with Crippen LogP contribution in [0.3, 0.4) is 0 Å². The van der Waals surface area contributed by atoms with Crippen molar-refractivity contribution in [1.82, 2.24) is 4.90 Å². The van der Waals surface area contributed by atoms with Gasteiger partial charge in [-0.15, -0.1) is 0 Å². The minimum Gasteiger partial charge on any atom is -0.396 e. The molecule has 14 heavy (non-hydrogen) atoms. The molecule has 0 bridgehead atoms. The minimum atomic E-state index is 0.276. The highest BCUT2D eigenvalue weighted by molar-refractivity contribution is 4.92. The van der Waals surface area contributed by atoms with Gasteiger partial charge in [0.2, 0.25) is 0 Å². The van der Waals surface area contributed by atoms with Gasteiger partial charge in [0.1, 0.15) is 0 Å². The first-order valence-electron chi connectivity index (χ1n) is 5.45. The van der Waals surface area contributed by atoms with Gasteiger partial charge in [0, 0.05) is 32.3 Å². The summed E-state index contributed by atoms with van der Waals surface area (Å²) in [4.78, 5) is 2.47. The summed E-state index contributed by atoms with van der Waals surface area (Å²) < 4.78 is 5.10. The van der Waals surface area contributed by atoms with Gasteiger partial charge in [0.15, 0.2) is 0 Å². The molecule has 0 aliphatic carbocycles. The van der Waals surface area contributed by atoms with Gasteiger partial charge in [0.25, 0.3) is 0 Å². The number of nitrogens with zero attached hydrogens (tertiary/aromatic N) is 1. The highest BCUT2D eigenvalue weighted by Gasteiger charge is 2.37. The molecule has 84 valence electrons. The number of rotatable bonds is 5. The molecule has 1 saturated heterocycles. The molecule has 3 heteroatoms. The maximum Gasteiger partial charge on any atom is 0.0589 e. The summed E-state index contributed by atoms with van der Waals surface area (Å²) in [5.74, 6) is 0.659. The molecule has 1 unspecified atom stereocenters. The van der Waals surface area contributed by atoms with Gasteiger partial charge in [-0.1, -0.05) is 0 Å². The van der Waals surface area contributed by atoms with E-state index in [1.54, 1.807) is 7.11 Å². The molecule has 1 aliphatic rings. The molecule has 3 nitrogen and oxygen atoms in total. The zero-order valence-corrected chi connectivity index (χ0v) is 9.62. The van der Waals surface area contributed by atoms with Gasteiger partial charge in [-0.05, 0) is 32.6 Å². The van der Waals surface area contributed by atoms with Crippen molar-refractivity contribution in [1.29, 1.82) is 0 Å². The van der Waals surface area contributed by atoms with Gasteiger partial charge < -0.3 is 9.84 Å². The smallest absolute Gasteiger partial charge is 0.0589 e. The fourth-order valence-corrected chi connectivity index (χ4v) is 2.43. The first kappa shape index (κ1) is 12.0. The van der Waals surface area contributed by atoms with Crippen molar-refractivity contribution in [3.8, 4) is 0 Å². The van der Waals surface area contributed by atoms with Crippen LogP contribution in [0.1, 0.15) is 26.7 Å². The number of hydrogen-bond acceptors (Lipinski definition) is 3. The second-order valence-corrected chi connectivity index (χ2v) is 4.83. The zero-order chi connectivity index (χ0) is 10.6. The van der Waals surface area contributed by atoms with Crippen LogP contribution in [-0.2, 0) is 4.74 Å². The maximum absolute atomic E-state index is 8.92. The predicted molar refractivity (Wildman–Crippen MR) is 57.3 cm³/mol. The van der Waals surface area contributed by atoms with E-state index in [1.165, 1.54) is 6.42 Å². The summed E-state index contributed by atoms with van der Waals surface area (Å²) >= 11 is 0. The molecule has 0 aromatic heterocycles. The summed E-state index contributed by atoms with van der Waals surface area (Å²) in [7, 11) is 1.74. The number of likely N-dealkylation sites (tertiary alicyclic amines) is 1. The molecular weight excluding hydrogens is 178 g/mol. The van der Waals surface area contributed by atoms with Crippen molar-refractivity contribution >= 4 is 0 Å². The molecule has 1 N–H and O–H groups in total.